The molecule has 3 aromatic rings. The number of thiocarbonyl (C=S) groups is 1. The van der Waals surface area contributed by atoms with E-state index in [1.807, 2.05) is 79.7 Å². The second-order valence-corrected chi connectivity index (χ2v) is 7.30. The Morgan fingerprint density at radius 3 is 2.46 bits per heavy atom. The van der Waals surface area contributed by atoms with Crippen molar-refractivity contribution in [1.82, 2.24) is 0 Å². The van der Waals surface area contributed by atoms with Gasteiger partial charge in [-0.1, -0.05) is 60.2 Å². The number of aryl methyl sites for hydroxylation is 1. The molecule has 0 radical (unpaired) electrons. The molecule has 0 aliphatic carbocycles. The van der Waals surface area contributed by atoms with Crippen LogP contribution in [0.2, 0.25) is 0 Å². The van der Waals surface area contributed by atoms with Gasteiger partial charge in [0.25, 0.3) is 5.24 Å². The van der Waals surface area contributed by atoms with Crippen LogP contribution in [0.3, 0.4) is 0 Å². The van der Waals surface area contributed by atoms with Crippen LogP contribution in [0.5, 0.6) is 0 Å². The van der Waals surface area contributed by atoms with Gasteiger partial charge in [0.2, 0.25) is 0 Å². The van der Waals surface area contributed by atoms with Crippen molar-refractivity contribution >= 4 is 46.0 Å². The molecule has 26 heavy (non-hydrogen) atoms. The first kappa shape index (κ1) is 16.8. The fourth-order valence-electron chi connectivity index (χ4n) is 2.70. The van der Waals surface area contributed by atoms with Crippen LogP contribution in [-0.2, 0) is 0 Å². The second kappa shape index (κ2) is 6.94. The van der Waals surface area contributed by atoms with Crippen molar-refractivity contribution in [2.24, 2.45) is 0 Å². The van der Waals surface area contributed by atoms with E-state index in [0.717, 1.165) is 39.2 Å². The van der Waals surface area contributed by atoms with E-state index < -0.39 is 0 Å². The number of amides is 1. The van der Waals surface area contributed by atoms with Gasteiger partial charge in [0.05, 0.1) is 10.6 Å². The highest BCUT2D eigenvalue weighted by molar-refractivity contribution is 8.20. The van der Waals surface area contributed by atoms with Crippen molar-refractivity contribution in [1.29, 1.82) is 0 Å². The fourth-order valence-corrected chi connectivity index (χ4v) is 3.96. The molecule has 1 aromatic heterocycles. The predicted octanol–water partition coefficient (Wildman–Crippen LogP) is 6.30. The van der Waals surface area contributed by atoms with Crippen molar-refractivity contribution in [3.63, 3.8) is 0 Å². The zero-order valence-corrected chi connectivity index (χ0v) is 15.6. The Labute approximate surface area is 161 Å². The SMILES string of the molecule is Cc1ccc(N2C(=O)SC(=Cc3ccc(-c4ccccc4)o3)C2=S)cc1. The average molecular weight is 377 g/mol. The van der Waals surface area contributed by atoms with Crippen molar-refractivity contribution in [3.8, 4) is 11.3 Å². The van der Waals surface area contributed by atoms with Crippen LogP contribution in [0, 0.1) is 6.92 Å². The molecule has 5 heteroatoms. The van der Waals surface area contributed by atoms with E-state index in [4.69, 9.17) is 16.6 Å². The van der Waals surface area contributed by atoms with Gasteiger partial charge in [-0.3, -0.25) is 9.69 Å². The van der Waals surface area contributed by atoms with E-state index in [1.54, 1.807) is 4.90 Å². The van der Waals surface area contributed by atoms with Crippen LogP contribution in [0.25, 0.3) is 17.4 Å². The number of carbonyl (C=O) groups is 1. The third-order valence-corrected chi connectivity index (χ3v) is 5.46. The molecule has 0 N–H and O–H groups in total. The van der Waals surface area contributed by atoms with Crippen molar-refractivity contribution in [3.05, 3.63) is 83.0 Å². The number of rotatable bonds is 3. The van der Waals surface area contributed by atoms with Gasteiger partial charge >= 0.3 is 0 Å². The smallest absolute Gasteiger partial charge is 0.296 e. The number of hydrogen-bond donors (Lipinski definition) is 0. The number of anilines is 1. The first-order valence-corrected chi connectivity index (χ1v) is 9.34. The summed E-state index contributed by atoms with van der Waals surface area (Å²) in [5.41, 5.74) is 2.93. The maximum absolute atomic E-state index is 12.4. The highest BCUT2D eigenvalue weighted by Crippen LogP contribution is 2.37. The molecular formula is C21H15NO2S2. The first-order valence-electron chi connectivity index (χ1n) is 8.12. The molecule has 0 atom stereocenters. The molecule has 4 rings (SSSR count). The number of carbonyl (C=O) groups excluding carboxylic acids is 1. The summed E-state index contributed by atoms with van der Waals surface area (Å²) in [5, 5.41) is -0.0973. The average Bonchev–Trinajstić information content (AvgIpc) is 3.22. The van der Waals surface area contributed by atoms with Gasteiger partial charge < -0.3 is 4.42 Å². The van der Waals surface area contributed by atoms with Crippen LogP contribution in [0.4, 0.5) is 10.5 Å². The minimum absolute atomic E-state index is 0.0973. The van der Waals surface area contributed by atoms with Crippen molar-refractivity contribution in [2.45, 2.75) is 6.92 Å². The van der Waals surface area contributed by atoms with E-state index in [2.05, 4.69) is 0 Å². The Morgan fingerprint density at radius 2 is 1.73 bits per heavy atom. The Morgan fingerprint density at radius 1 is 1.00 bits per heavy atom. The van der Waals surface area contributed by atoms with Crippen LogP contribution in [0.1, 0.15) is 11.3 Å². The molecule has 1 amide bonds. The standard InChI is InChI=1S/C21H15NO2S2/c1-14-7-9-16(10-8-14)22-20(25)19(26-21(22)23)13-17-11-12-18(24-17)15-5-3-2-4-6-15/h2-13H,1H3. The lowest BCUT2D eigenvalue weighted by Gasteiger charge is -2.14. The van der Waals surface area contributed by atoms with Gasteiger partial charge in [-0.05, 0) is 49.0 Å². The number of thioether (sulfide) groups is 1. The van der Waals surface area contributed by atoms with Gasteiger partial charge in [-0.2, -0.15) is 0 Å². The van der Waals surface area contributed by atoms with Crippen molar-refractivity contribution in [2.75, 3.05) is 4.90 Å². The topological polar surface area (TPSA) is 33.5 Å². The summed E-state index contributed by atoms with van der Waals surface area (Å²) in [5.74, 6) is 1.46. The van der Waals surface area contributed by atoms with Crippen LogP contribution in [-0.4, -0.2) is 10.2 Å². The molecule has 1 fully saturated rings. The van der Waals surface area contributed by atoms with E-state index in [0.29, 0.717) is 10.7 Å². The molecule has 0 unspecified atom stereocenters. The van der Waals surface area contributed by atoms with Crippen LogP contribution >= 0.6 is 24.0 Å². The Balaban J connectivity index is 1.61. The summed E-state index contributed by atoms with van der Waals surface area (Å²) in [6.45, 7) is 2.01. The summed E-state index contributed by atoms with van der Waals surface area (Å²) in [6, 6.07) is 21.4. The summed E-state index contributed by atoms with van der Waals surface area (Å²) >= 11 is 6.66. The van der Waals surface area contributed by atoms with Gasteiger partial charge in [0.1, 0.15) is 16.5 Å². The minimum Gasteiger partial charge on any atom is -0.457 e. The molecule has 2 aromatic carbocycles. The highest BCUT2D eigenvalue weighted by atomic mass is 32.2. The minimum atomic E-state index is -0.0973. The lowest BCUT2D eigenvalue weighted by Crippen LogP contribution is -2.26. The zero-order valence-electron chi connectivity index (χ0n) is 14.0. The van der Waals surface area contributed by atoms with E-state index >= 15 is 0 Å². The molecule has 128 valence electrons. The molecule has 1 saturated heterocycles. The fraction of sp³-hybridized carbons (Fsp3) is 0.0476. The number of hydrogen-bond acceptors (Lipinski definition) is 4. The molecular weight excluding hydrogens is 362 g/mol. The summed E-state index contributed by atoms with van der Waals surface area (Å²) in [6.07, 6.45) is 1.82. The van der Waals surface area contributed by atoms with Gasteiger partial charge in [0, 0.05) is 5.56 Å². The Hall–Kier alpha value is -2.63. The summed E-state index contributed by atoms with van der Waals surface area (Å²) in [7, 11) is 0. The second-order valence-electron chi connectivity index (χ2n) is 5.92. The quantitative estimate of drug-likeness (QED) is 0.396. The molecule has 0 saturated carbocycles. The zero-order chi connectivity index (χ0) is 18.1. The number of benzene rings is 2. The molecule has 1 aliphatic rings. The predicted molar refractivity (Wildman–Crippen MR) is 111 cm³/mol. The summed E-state index contributed by atoms with van der Waals surface area (Å²) in [4.78, 5) is 15.2. The normalized spacial score (nSPS) is 15.9. The van der Waals surface area contributed by atoms with Gasteiger partial charge in [-0.15, -0.1) is 0 Å². The van der Waals surface area contributed by atoms with Crippen LogP contribution < -0.4 is 4.90 Å². The lowest BCUT2D eigenvalue weighted by atomic mass is 10.2. The van der Waals surface area contributed by atoms with E-state index in [-0.39, 0.29) is 5.24 Å². The van der Waals surface area contributed by atoms with Gasteiger partial charge in [-0.25, -0.2) is 0 Å². The largest absolute Gasteiger partial charge is 0.457 e. The van der Waals surface area contributed by atoms with Gasteiger partial charge in [0.15, 0.2) is 0 Å². The third kappa shape index (κ3) is 3.23. The first-order chi connectivity index (χ1) is 12.6. The van der Waals surface area contributed by atoms with Crippen molar-refractivity contribution < 1.29 is 9.21 Å². The van der Waals surface area contributed by atoms with E-state index in [1.165, 1.54) is 0 Å². The maximum Gasteiger partial charge on any atom is 0.296 e. The molecule has 0 bridgehead atoms. The molecule has 3 nitrogen and oxygen atoms in total. The summed E-state index contributed by atoms with van der Waals surface area (Å²) < 4.78 is 5.89. The third-order valence-electron chi connectivity index (χ3n) is 4.04. The molecule has 2 heterocycles. The Bertz CT molecular complexity index is 1000. The molecule has 0 spiro atoms. The molecule has 1 aliphatic heterocycles. The Kier molecular flexibility index (Phi) is 4.49. The lowest BCUT2D eigenvalue weighted by molar-refractivity contribution is 0.268. The highest BCUT2D eigenvalue weighted by Gasteiger charge is 2.33. The van der Waals surface area contributed by atoms with Crippen LogP contribution in [0.15, 0.2) is 76.1 Å². The van der Waals surface area contributed by atoms with E-state index in [9.17, 15) is 4.79 Å². The number of furan rings is 1. The maximum atomic E-state index is 12.4. The monoisotopic (exact) mass is 377 g/mol. The number of nitrogens with zero attached hydrogens (tertiary/aromatic N) is 1.